The molecule has 3 rings (SSSR count). The third-order valence-corrected chi connectivity index (χ3v) is 5.76. The van der Waals surface area contributed by atoms with Crippen molar-refractivity contribution in [2.75, 3.05) is 11.9 Å². The number of rotatable bonds is 5. The second-order valence-corrected chi connectivity index (χ2v) is 8.38. The normalized spacial score (nSPS) is 14.6. The highest BCUT2D eigenvalue weighted by Gasteiger charge is 2.18. The Bertz CT molecular complexity index is 833. The van der Waals surface area contributed by atoms with E-state index in [9.17, 15) is 8.42 Å². The lowest BCUT2D eigenvalue weighted by molar-refractivity contribution is 0.592. The summed E-state index contributed by atoms with van der Waals surface area (Å²) in [6.07, 6.45) is 3.25. The van der Waals surface area contributed by atoms with Crippen LogP contribution in [0.25, 0.3) is 0 Å². The standard InChI is InChI=1S/C14H15ClN4O2S2/c15-14-18-9-11(22-14)8-17-10-3-1-4-12(7-10)23(20,21)19-13-5-2-6-16-13/h1,3-4,7,9,17H,2,5-6,8H2,(H,16,19). The number of sulfonamides is 1. The molecule has 1 aromatic heterocycles. The Labute approximate surface area is 143 Å². The number of hydrogen-bond donors (Lipinski definition) is 2. The van der Waals surface area contributed by atoms with Crippen LogP contribution in [-0.4, -0.2) is 25.8 Å². The zero-order valence-corrected chi connectivity index (χ0v) is 14.5. The van der Waals surface area contributed by atoms with E-state index in [1.807, 2.05) is 6.07 Å². The Hall–Kier alpha value is -1.64. The molecule has 0 amide bonds. The number of hydrogen-bond acceptors (Lipinski definition) is 6. The first kappa shape index (κ1) is 16.2. The summed E-state index contributed by atoms with van der Waals surface area (Å²) in [5.74, 6) is 0.530. The summed E-state index contributed by atoms with van der Waals surface area (Å²) in [6, 6.07) is 6.68. The number of nitrogens with one attached hydrogen (secondary N) is 2. The molecule has 0 saturated heterocycles. The second-order valence-electron chi connectivity index (χ2n) is 5.00. The second kappa shape index (κ2) is 6.86. The van der Waals surface area contributed by atoms with Gasteiger partial charge in [-0.1, -0.05) is 17.7 Å². The lowest BCUT2D eigenvalue weighted by atomic mass is 10.3. The molecule has 0 unspecified atom stereocenters. The number of aromatic nitrogens is 1. The number of anilines is 1. The van der Waals surface area contributed by atoms with E-state index >= 15 is 0 Å². The Morgan fingerprint density at radius 3 is 2.91 bits per heavy atom. The summed E-state index contributed by atoms with van der Waals surface area (Å²) in [5, 5.41) is 3.17. The molecule has 2 aromatic rings. The van der Waals surface area contributed by atoms with Crippen LogP contribution in [-0.2, 0) is 16.6 Å². The van der Waals surface area contributed by atoms with Crippen molar-refractivity contribution >= 4 is 44.5 Å². The van der Waals surface area contributed by atoms with Gasteiger partial charge in [-0.2, -0.15) is 0 Å². The molecule has 1 aromatic carbocycles. The van der Waals surface area contributed by atoms with Crippen LogP contribution < -0.4 is 10.0 Å². The van der Waals surface area contributed by atoms with Crippen molar-refractivity contribution in [2.45, 2.75) is 24.3 Å². The number of nitrogens with zero attached hydrogens (tertiary/aromatic N) is 2. The smallest absolute Gasteiger partial charge is 0.262 e. The Morgan fingerprint density at radius 2 is 2.22 bits per heavy atom. The molecule has 2 N–H and O–H groups in total. The van der Waals surface area contributed by atoms with E-state index in [2.05, 4.69) is 20.0 Å². The number of benzene rings is 1. The predicted octanol–water partition coefficient (Wildman–Crippen LogP) is 2.88. The third kappa shape index (κ3) is 4.21. The summed E-state index contributed by atoms with van der Waals surface area (Å²) in [5.41, 5.74) is 0.714. The maximum Gasteiger partial charge on any atom is 0.262 e. The average molecular weight is 371 g/mol. The van der Waals surface area contributed by atoms with Crippen LogP contribution in [0.1, 0.15) is 17.7 Å². The molecule has 9 heteroatoms. The molecule has 1 aliphatic heterocycles. The van der Waals surface area contributed by atoms with E-state index in [1.54, 1.807) is 24.4 Å². The molecule has 23 heavy (non-hydrogen) atoms. The molecule has 0 saturated carbocycles. The summed E-state index contributed by atoms with van der Waals surface area (Å²) < 4.78 is 27.8. The SMILES string of the molecule is O=S(=O)(NC1=NCCC1)c1cccc(NCc2cnc(Cl)s2)c1. The summed E-state index contributed by atoms with van der Waals surface area (Å²) in [4.78, 5) is 9.29. The Morgan fingerprint density at radius 1 is 1.35 bits per heavy atom. The first-order valence-electron chi connectivity index (χ1n) is 7.03. The predicted molar refractivity (Wildman–Crippen MR) is 92.8 cm³/mol. The highest BCUT2D eigenvalue weighted by atomic mass is 35.5. The van der Waals surface area contributed by atoms with Crippen LogP contribution in [0, 0.1) is 0 Å². The molecule has 6 nitrogen and oxygen atoms in total. The molecule has 0 radical (unpaired) electrons. The molecule has 2 heterocycles. The highest BCUT2D eigenvalue weighted by Crippen LogP contribution is 2.20. The van der Waals surface area contributed by atoms with E-state index in [1.165, 1.54) is 11.3 Å². The summed E-state index contributed by atoms with van der Waals surface area (Å²) in [7, 11) is -3.60. The molecule has 0 aliphatic carbocycles. The zero-order valence-electron chi connectivity index (χ0n) is 12.1. The number of aliphatic imine (C=N–C) groups is 1. The van der Waals surface area contributed by atoms with Gasteiger partial charge in [0.2, 0.25) is 0 Å². The Kier molecular flexibility index (Phi) is 4.84. The fourth-order valence-electron chi connectivity index (χ4n) is 2.16. The molecular weight excluding hydrogens is 356 g/mol. The molecule has 1 aliphatic rings. The van der Waals surface area contributed by atoms with Crippen LogP contribution in [0.4, 0.5) is 5.69 Å². The minimum atomic E-state index is -3.60. The Balaban J connectivity index is 1.71. The van der Waals surface area contributed by atoms with Gasteiger partial charge < -0.3 is 5.32 Å². The number of amidine groups is 1. The lowest BCUT2D eigenvalue weighted by Gasteiger charge is -2.10. The van der Waals surface area contributed by atoms with Crippen molar-refractivity contribution in [1.29, 1.82) is 0 Å². The van der Waals surface area contributed by atoms with Crippen LogP contribution in [0.2, 0.25) is 4.47 Å². The zero-order chi connectivity index (χ0) is 16.3. The van der Waals surface area contributed by atoms with Gasteiger partial charge in [0.1, 0.15) is 5.84 Å². The van der Waals surface area contributed by atoms with Crippen LogP contribution >= 0.6 is 22.9 Å². The van der Waals surface area contributed by atoms with Gasteiger partial charge in [-0.15, -0.1) is 11.3 Å². The quantitative estimate of drug-likeness (QED) is 0.847. The van der Waals surface area contributed by atoms with E-state index in [0.717, 1.165) is 11.3 Å². The first-order valence-corrected chi connectivity index (χ1v) is 9.71. The van der Waals surface area contributed by atoms with Crippen LogP contribution in [0.3, 0.4) is 0 Å². The van der Waals surface area contributed by atoms with Crippen LogP contribution in [0.5, 0.6) is 0 Å². The van der Waals surface area contributed by atoms with E-state index in [4.69, 9.17) is 11.6 Å². The first-order chi connectivity index (χ1) is 11.0. The fraction of sp³-hybridized carbons (Fsp3) is 0.286. The topological polar surface area (TPSA) is 83.5 Å². The van der Waals surface area contributed by atoms with Gasteiger partial charge in [0.05, 0.1) is 11.4 Å². The van der Waals surface area contributed by atoms with Crippen molar-refractivity contribution in [3.63, 3.8) is 0 Å². The van der Waals surface area contributed by atoms with Crippen LogP contribution in [0.15, 0.2) is 40.4 Å². The van der Waals surface area contributed by atoms with E-state index < -0.39 is 10.0 Å². The maximum absolute atomic E-state index is 12.4. The largest absolute Gasteiger partial charge is 0.380 e. The minimum Gasteiger partial charge on any atom is -0.380 e. The number of thiazole rings is 1. The average Bonchev–Trinajstić information content (AvgIpc) is 3.17. The third-order valence-electron chi connectivity index (χ3n) is 3.26. The lowest BCUT2D eigenvalue weighted by Crippen LogP contribution is -2.29. The number of halogens is 1. The van der Waals surface area contributed by atoms with Crippen molar-refractivity contribution in [3.05, 3.63) is 39.8 Å². The molecular formula is C14H15ClN4O2S2. The van der Waals surface area contributed by atoms with Gasteiger partial charge in [-0.05, 0) is 24.6 Å². The molecule has 0 spiro atoms. The van der Waals surface area contributed by atoms with Crippen molar-refractivity contribution in [3.8, 4) is 0 Å². The monoisotopic (exact) mass is 370 g/mol. The van der Waals surface area contributed by atoms with Gasteiger partial charge in [0.15, 0.2) is 4.47 Å². The van der Waals surface area contributed by atoms with Gasteiger partial charge in [-0.25, -0.2) is 13.4 Å². The van der Waals surface area contributed by atoms with Gasteiger partial charge >= 0.3 is 0 Å². The molecule has 0 bridgehead atoms. The van der Waals surface area contributed by atoms with Crippen molar-refractivity contribution < 1.29 is 8.42 Å². The summed E-state index contributed by atoms with van der Waals surface area (Å²) >= 11 is 7.17. The minimum absolute atomic E-state index is 0.208. The van der Waals surface area contributed by atoms with Crippen molar-refractivity contribution in [2.24, 2.45) is 4.99 Å². The van der Waals surface area contributed by atoms with Crippen molar-refractivity contribution in [1.82, 2.24) is 9.71 Å². The van der Waals surface area contributed by atoms with Gasteiger partial charge in [0.25, 0.3) is 10.0 Å². The maximum atomic E-state index is 12.4. The molecule has 0 atom stereocenters. The van der Waals surface area contributed by atoms with Gasteiger partial charge in [0, 0.05) is 29.7 Å². The van der Waals surface area contributed by atoms with E-state index in [-0.39, 0.29) is 4.90 Å². The molecule has 122 valence electrons. The summed E-state index contributed by atoms with van der Waals surface area (Å²) in [6.45, 7) is 1.21. The van der Waals surface area contributed by atoms with E-state index in [0.29, 0.717) is 35.5 Å². The fourth-order valence-corrected chi connectivity index (χ4v) is 4.22. The van der Waals surface area contributed by atoms with Gasteiger partial charge in [-0.3, -0.25) is 9.71 Å². The molecule has 0 fully saturated rings. The highest BCUT2D eigenvalue weighted by molar-refractivity contribution is 7.90.